The number of rotatable bonds is 6. The predicted molar refractivity (Wildman–Crippen MR) is 122 cm³/mol. The summed E-state index contributed by atoms with van der Waals surface area (Å²) in [6.45, 7) is 7.31. The summed E-state index contributed by atoms with van der Waals surface area (Å²) >= 11 is 0. The maximum absolute atomic E-state index is 12.6. The zero-order valence-electron chi connectivity index (χ0n) is 18.3. The predicted octanol–water partition coefficient (Wildman–Crippen LogP) is 0.130. The molecule has 2 heterocycles. The number of benzene rings is 1. The number of H-pyrrole nitrogens is 1. The molecule has 2 aliphatic rings. The monoisotopic (exact) mass is 463 g/mol. The Bertz CT molecular complexity index is 1260. The van der Waals surface area contributed by atoms with Crippen LogP contribution in [-0.2, 0) is 21.4 Å². The number of amides is 1. The number of primary amides is 1. The fourth-order valence-electron chi connectivity index (χ4n) is 3.73. The highest BCUT2D eigenvalue weighted by molar-refractivity contribution is 7.89. The molecule has 174 valence electrons. The molecule has 0 radical (unpaired) electrons. The highest BCUT2D eigenvalue weighted by Crippen LogP contribution is 2.36. The van der Waals surface area contributed by atoms with Gasteiger partial charge in [-0.25, -0.2) is 17.9 Å². The van der Waals surface area contributed by atoms with Gasteiger partial charge in [0.25, 0.3) is 5.56 Å². The average Bonchev–Trinajstić information content (AvgIpc) is 3.29. The zero-order valence-corrected chi connectivity index (χ0v) is 19.1. The third-order valence-corrected chi connectivity index (χ3v) is 7.43. The smallest absolute Gasteiger partial charge is 0.328 e. The van der Waals surface area contributed by atoms with Crippen LogP contribution in [-0.4, -0.2) is 54.5 Å². The van der Waals surface area contributed by atoms with Gasteiger partial charge in [0.2, 0.25) is 15.9 Å². The lowest BCUT2D eigenvalue weighted by Crippen LogP contribution is -2.35. The van der Waals surface area contributed by atoms with E-state index in [2.05, 4.69) is 26.9 Å². The van der Waals surface area contributed by atoms with Crippen LogP contribution >= 0.6 is 0 Å². The van der Waals surface area contributed by atoms with Gasteiger partial charge in [0.15, 0.2) is 0 Å². The number of aromatic amines is 1. The Hall–Kier alpha value is -2.76. The van der Waals surface area contributed by atoms with Crippen LogP contribution in [0.2, 0.25) is 0 Å². The molecule has 32 heavy (non-hydrogen) atoms. The quantitative estimate of drug-likeness (QED) is 0.519. The molecule has 1 saturated carbocycles. The van der Waals surface area contributed by atoms with Crippen molar-refractivity contribution in [2.24, 2.45) is 11.7 Å². The largest absolute Gasteiger partial charge is 0.366 e. The number of hydrogen-bond acceptors (Lipinski definition) is 6. The SMILES string of the molecule is C=CC(N)=O.CN1CCC(Cn2c(=O)[nH]c(=O)c3cc(S(=O)(=O)NC4(C)CC4)ccc32)C1. The van der Waals surface area contributed by atoms with E-state index in [1.807, 2.05) is 14.0 Å². The van der Waals surface area contributed by atoms with Crippen LogP contribution in [0.25, 0.3) is 10.9 Å². The molecule has 2 aromatic rings. The minimum absolute atomic E-state index is 0.0411. The van der Waals surface area contributed by atoms with Gasteiger partial charge in [0, 0.05) is 18.6 Å². The first-order valence-corrected chi connectivity index (χ1v) is 11.8. The van der Waals surface area contributed by atoms with Gasteiger partial charge in [-0.1, -0.05) is 6.58 Å². The van der Waals surface area contributed by atoms with Gasteiger partial charge >= 0.3 is 5.69 Å². The van der Waals surface area contributed by atoms with Gasteiger partial charge in [0.1, 0.15) is 0 Å². The number of carbonyl (C=O) groups is 1. The number of nitrogens with two attached hydrogens (primary N) is 1. The fourth-order valence-corrected chi connectivity index (χ4v) is 5.22. The zero-order chi connectivity index (χ0) is 23.7. The third kappa shape index (κ3) is 5.53. The maximum atomic E-state index is 12.6. The van der Waals surface area contributed by atoms with Crippen LogP contribution in [0.1, 0.15) is 26.2 Å². The fraction of sp³-hybridized carbons (Fsp3) is 0.476. The van der Waals surface area contributed by atoms with Gasteiger partial charge in [-0.15, -0.1) is 0 Å². The van der Waals surface area contributed by atoms with Crippen LogP contribution in [0.15, 0.2) is 45.3 Å². The summed E-state index contributed by atoms with van der Waals surface area (Å²) in [5.41, 5.74) is 3.58. The van der Waals surface area contributed by atoms with Crippen molar-refractivity contribution in [3.63, 3.8) is 0 Å². The molecule has 11 heteroatoms. The molecule has 1 aliphatic carbocycles. The second-order valence-corrected chi connectivity index (χ2v) is 10.4. The molecule has 0 spiro atoms. The van der Waals surface area contributed by atoms with Gasteiger partial charge in [0.05, 0.1) is 15.8 Å². The van der Waals surface area contributed by atoms with Gasteiger partial charge in [-0.05, 0) is 70.0 Å². The first-order valence-electron chi connectivity index (χ1n) is 10.4. The second kappa shape index (κ2) is 9.00. The van der Waals surface area contributed by atoms with Gasteiger partial charge in [-0.2, -0.15) is 0 Å². The molecule has 10 nitrogen and oxygen atoms in total. The van der Waals surface area contributed by atoms with Crippen LogP contribution < -0.4 is 21.7 Å². The van der Waals surface area contributed by atoms with Crippen molar-refractivity contribution in [1.29, 1.82) is 0 Å². The summed E-state index contributed by atoms with van der Waals surface area (Å²) in [4.78, 5) is 38.7. The molecule has 0 bridgehead atoms. The van der Waals surface area contributed by atoms with E-state index < -0.39 is 32.7 Å². The Morgan fingerprint density at radius 2 is 2.03 bits per heavy atom. The Labute approximate surface area is 186 Å². The van der Waals surface area contributed by atoms with Crippen molar-refractivity contribution in [2.45, 2.75) is 43.2 Å². The van der Waals surface area contributed by atoms with E-state index in [1.165, 1.54) is 12.1 Å². The van der Waals surface area contributed by atoms with E-state index in [0.29, 0.717) is 18.0 Å². The number of nitrogens with zero attached hydrogens (tertiary/aromatic N) is 2. The normalized spacial score (nSPS) is 19.9. The summed E-state index contributed by atoms with van der Waals surface area (Å²) in [5, 5.41) is 0.213. The van der Waals surface area contributed by atoms with Crippen molar-refractivity contribution in [1.82, 2.24) is 19.2 Å². The highest BCUT2D eigenvalue weighted by atomic mass is 32.2. The van der Waals surface area contributed by atoms with Crippen molar-refractivity contribution in [2.75, 3.05) is 20.1 Å². The van der Waals surface area contributed by atoms with E-state index in [1.54, 1.807) is 10.6 Å². The number of sulfonamides is 1. The summed E-state index contributed by atoms with van der Waals surface area (Å²) in [7, 11) is -1.67. The molecule has 1 aromatic carbocycles. The van der Waals surface area contributed by atoms with Crippen molar-refractivity contribution in [3.05, 3.63) is 51.7 Å². The third-order valence-electron chi connectivity index (χ3n) is 5.79. The molecule has 1 amide bonds. The summed E-state index contributed by atoms with van der Waals surface area (Å²) in [5.74, 6) is -0.160. The lowest BCUT2D eigenvalue weighted by Gasteiger charge is -2.16. The Morgan fingerprint density at radius 3 is 2.56 bits per heavy atom. The van der Waals surface area contributed by atoms with E-state index in [-0.39, 0.29) is 10.3 Å². The topological polar surface area (TPSA) is 147 Å². The Morgan fingerprint density at radius 1 is 1.38 bits per heavy atom. The van der Waals surface area contributed by atoms with Crippen molar-refractivity contribution >= 4 is 26.8 Å². The number of hydrogen-bond donors (Lipinski definition) is 3. The van der Waals surface area contributed by atoms with Crippen molar-refractivity contribution < 1.29 is 13.2 Å². The molecule has 1 aromatic heterocycles. The molecule has 2 fully saturated rings. The summed E-state index contributed by atoms with van der Waals surface area (Å²) < 4.78 is 29.5. The molecular formula is C21H29N5O5S. The van der Waals surface area contributed by atoms with E-state index in [0.717, 1.165) is 38.4 Å². The van der Waals surface area contributed by atoms with Crippen LogP contribution in [0, 0.1) is 5.92 Å². The standard InChI is InChI=1S/C18H24N4O4S.C3H5NO/c1-18(6-7-18)20-27(25,26)13-3-4-15-14(9-13)16(23)19-17(24)22(15)11-12-5-8-21(2)10-12;1-2-3(4)5/h3-4,9,12,20H,5-8,10-11H2,1-2H3,(H,19,23,24);2H,1H2,(H2,4,5). The second-order valence-electron chi connectivity index (χ2n) is 8.74. The first kappa shape index (κ1) is 23.9. The molecule has 4 N–H and O–H groups in total. The van der Waals surface area contributed by atoms with E-state index in [9.17, 15) is 22.8 Å². The Kier molecular flexibility index (Phi) is 6.72. The van der Waals surface area contributed by atoms with Crippen LogP contribution in [0.5, 0.6) is 0 Å². The molecule has 1 saturated heterocycles. The number of nitrogens with one attached hydrogen (secondary N) is 2. The van der Waals surface area contributed by atoms with Crippen molar-refractivity contribution in [3.8, 4) is 0 Å². The lowest BCUT2D eigenvalue weighted by molar-refractivity contribution is -0.113. The Balaban J connectivity index is 0.000000523. The number of aromatic nitrogens is 2. The number of fused-ring (bicyclic) bond motifs is 1. The average molecular weight is 464 g/mol. The van der Waals surface area contributed by atoms with E-state index >= 15 is 0 Å². The summed E-state index contributed by atoms with van der Waals surface area (Å²) in [6.07, 6.45) is 3.64. The van der Waals surface area contributed by atoms with E-state index in [4.69, 9.17) is 0 Å². The van der Waals surface area contributed by atoms with Crippen LogP contribution in [0.4, 0.5) is 0 Å². The number of likely N-dealkylation sites (tertiary alicyclic amines) is 1. The molecule has 1 unspecified atom stereocenters. The van der Waals surface area contributed by atoms with Gasteiger partial charge < -0.3 is 10.6 Å². The molecule has 1 atom stereocenters. The maximum Gasteiger partial charge on any atom is 0.328 e. The molecule has 4 rings (SSSR count). The molecule has 1 aliphatic heterocycles. The van der Waals surface area contributed by atoms with Gasteiger partial charge in [-0.3, -0.25) is 19.1 Å². The summed E-state index contributed by atoms with van der Waals surface area (Å²) in [6, 6.07) is 4.39. The number of carbonyl (C=O) groups excluding carboxylic acids is 1. The van der Waals surface area contributed by atoms with Crippen LogP contribution in [0.3, 0.4) is 0 Å². The lowest BCUT2D eigenvalue weighted by atomic mass is 10.1. The minimum Gasteiger partial charge on any atom is -0.366 e. The highest BCUT2D eigenvalue weighted by Gasteiger charge is 2.41. The minimum atomic E-state index is -3.71. The first-order chi connectivity index (χ1) is 14.9. The molecular weight excluding hydrogens is 434 g/mol.